The standard InChI is InChI=1S/C21H23F9O3/c22-18(23,19(24,25)20(26,27)21(28,29)30)13-17(32,12-11-14-7-3-1-4-8-14)16(31)33-15-9-5-2-6-10-15/h1,3-4,7-8,15,32H,2,5-6,9-13H2. The number of rotatable bonds is 9. The highest BCUT2D eigenvalue weighted by Gasteiger charge is 2.82. The molecule has 1 unspecified atom stereocenters. The molecule has 0 bridgehead atoms. The smallest absolute Gasteiger partial charge is 0.460 e. The summed E-state index contributed by atoms with van der Waals surface area (Å²) in [6, 6.07) is 7.53. The minimum Gasteiger partial charge on any atom is -0.460 e. The van der Waals surface area contributed by atoms with Crippen molar-refractivity contribution in [2.24, 2.45) is 0 Å². The molecule has 3 nitrogen and oxygen atoms in total. The van der Waals surface area contributed by atoms with Crippen LogP contribution < -0.4 is 0 Å². The number of carbonyl (C=O) groups is 1. The number of benzene rings is 1. The molecule has 1 saturated carbocycles. The Kier molecular flexibility index (Phi) is 8.02. The predicted molar refractivity (Wildman–Crippen MR) is 98.2 cm³/mol. The van der Waals surface area contributed by atoms with Crippen molar-refractivity contribution in [3.05, 3.63) is 35.9 Å². The molecule has 1 atom stereocenters. The molecule has 1 aromatic carbocycles. The number of alkyl halides is 9. The fraction of sp³-hybridized carbons (Fsp3) is 0.667. The molecule has 0 spiro atoms. The van der Waals surface area contributed by atoms with E-state index in [4.69, 9.17) is 4.74 Å². The maximum absolute atomic E-state index is 14.3. The molecule has 1 fully saturated rings. The molecular formula is C21H23F9O3. The maximum atomic E-state index is 14.3. The summed E-state index contributed by atoms with van der Waals surface area (Å²) in [6.07, 6.45) is -9.19. The van der Waals surface area contributed by atoms with Crippen LogP contribution in [0.1, 0.15) is 50.5 Å². The van der Waals surface area contributed by atoms with Gasteiger partial charge in [0.2, 0.25) is 0 Å². The van der Waals surface area contributed by atoms with Crippen molar-refractivity contribution in [2.45, 2.75) is 87.0 Å². The molecule has 12 heteroatoms. The second kappa shape index (κ2) is 9.71. The first-order valence-corrected chi connectivity index (χ1v) is 10.2. The Morgan fingerprint density at radius 3 is 1.94 bits per heavy atom. The fourth-order valence-electron chi connectivity index (χ4n) is 3.59. The van der Waals surface area contributed by atoms with E-state index >= 15 is 0 Å². The number of hydrogen-bond acceptors (Lipinski definition) is 3. The predicted octanol–water partition coefficient (Wildman–Crippen LogP) is 6.08. The Balaban J connectivity index is 2.33. The van der Waals surface area contributed by atoms with Gasteiger partial charge in [-0.25, -0.2) is 4.79 Å². The Labute approximate surface area is 183 Å². The third kappa shape index (κ3) is 5.93. The third-order valence-corrected chi connectivity index (χ3v) is 5.60. The lowest BCUT2D eigenvalue weighted by molar-refractivity contribution is -0.399. The summed E-state index contributed by atoms with van der Waals surface area (Å²) in [5.41, 5.74) is -3.07. The van der Waals surface area contributed by atoms with Crippen molar-refractivity contribution >= 4 is 5.97 Å². The summed E-state index contributed by atoms with van der Waals surface area (Å²) in [4.78, 5) is 12.5. The first-order chi connectivity index (χ1) is 15.0. The molecule has 188 valence electrons. The zero-order valence-electron chi connectivity index (χ0n) is 17.3. The number of hydrogen-bond donors (Lipinski definition) is 1. The van der Waals surface area contributed by atoms with Crippen molar-refractivity contribution in [2.75, 3.05) is 0 Å². The Bertz CT molecular complexity index is 790. The van der Waals surface area contributed by atoms with Crippen LogP contribution in [0.2, 0.25) is 0 Å². The lowest BCUT2D eigenvalue weighted by Gasteiger charge is -2.38. The van der Waals surface area contributed by atoms with Crippen LogP contribution in [0.3, 0.4) is 0 Å². The van der Waals surface area contributed by atoms with Crippen LogP contribution in [0, 0.1) is 0 Å². The van der Waals surface area contributed by atoms with Crippen molar-refractivity contribution in [1.82, 2.24) is 0 Å². The quantitative estimate of drug-likeness (QED) is 0.334. The van der Waals surface area contributed by atoms with E-state index in [0.29, 0.717) is 31.2 Å². The van der Waals surface area contributed by atoms with Crippen molar-refractivity contribution in [1.29, 1.82) is 0 Å². The lowest BCUT2D eigenvalue weighted by Crippen LogP contribution is -2.63. The highest BCUT2D eigenvalue weighted by atomic mass is 19.4. The minimum absolute atomic E-state index is 0.305. The summed E-state index contributed by atoms with van der Waals surface area (Å²) in [5.74, 6) is -21.9. The summed E-state index contributed by atoms with van der Waals surface area (Å²) in [7, 11) is 0. The average molecular weight is 494 g/mol. The van der Waals surface area contributed by atoms with E-state index in [0.717, 1.165) is 6.42 Å². The second-order valence-corrected chi connectivity index (χ2v) is 8.21. The van der Waals surface area contributed by atoms with Gasteiger partial charge in [0.15, 0.2) is 5.60 Å². The van der Waals surface area contributed by atoms with Crippen LogP contribution in [-0.2, 0) is 16.0 Å². The number of aryl methyl sites for hydroxylation is 1. The van der Waals surface area contributed by atoms with Gasteiger partial charge in [0.25, 0.3) is 0 Å². The van der Waals surface area contributed by atoms with Gasteiger partial charge < -0.3 is 9.84 Å². The molecule has 0 aromatic heterocycles. The number of esters is 1. The Hall–Kier alpha value is -1.98. The second-order valence-electron chi connectivity index (χ2n) is 8.21. The summed E-state index contributed by atoms with van der Waals surface area (Å²) in [6.45, 7) is 0. The van der Waals surface area contributed by atoms with Gasteiger partial charge in [-0.05, 0) is 44.1 Å². The zero-order valence-corrected chi connectivity index (χ0v) is 17.3. The lowest BCUT2D eigenvalue weighted by atomic mass is 9.85. The van der Waals surface area contributed by atoms with Gasteiger partial charge in [0.1, 0.15) is 6.10 Å². The molecule has 0 radical (unpaired) electrons. The molecule has 2 rings (SSSR count). The van der Waals surface area contributed by atoms with Gasteiger partial charge in [-0.1, -0.05) is 36.8 Å². The molecule has 1 aliphatic carbocycles. The first kappa shape index (κ1) is 27.3. The molecule has 0 amide bonds. The first-order valence-electron chi connectivity index (χ1n) is 10.2. The van der Waals surface area contributed by atoms with Gasteiger partial charge in [0.05, 0.1) is 6.42 Å². The maximum Gasteiger partial charge on any atom is 0.460 e. The van der Waals surface area contributed by atoms with E-state index in [9.17, 15) is 49.4 Å². The molecule has 33 heavy (non-hydrogen) atoms. The Morgan fingerprint density at radius 1 is 0.879 bits per heavy atom. The molecule has 1 N–H and O–H groups in total. The topological polar surface area (TPSA) is 46.5 Å². The van der Waals surface area contributed by atoms with E-state index in [1.54, 1.807) is 6.07 Å². The fourth-order valence-corrected chi connectivity index (χ4v) is 3.59. The van der Waals surface area contributed by atoms with Crippen molar-refractivity contribution in [3.8, 4) is 0 Å². The van der Waals surface area contributed by atoms with E-state index in [2.05, 4.69) is 0 Å². The summed E-state index contributed by atoms with van der Waals surface area (Å²) >= 11 is 0. The summed E-state index contributed by atoms with van der Waals surface area (Å²) in [5, 5.41) is 10.6. The normalized spacial score (nSPS) is 18.6. The number of carbonyl (C=O) groups excluding carboxylic acids is 1. The highest BCUT2D eigenvalue weighted by molar-refractivity contribution is 5.79. The average Bonchev–Trinajstić information content (AvgIpc) is 2.72. The van der Waals surface area contributed by atoms with Gasteiger partial charge >= 0.3 is 29.9 Å². The van der Waals surface area contributed by atoms with Gasteiger partial charge in [0, 0.05) is 0 Å². The molecular weight excluding hydrogens is 471 g/mol. The highest BCUT2D eigenvalue weighted by Crippen LogP contribution is 2.55. The van der Waals surface area contributed by atoms with E-state index < -0.39 is 54.5 Å². The summed E-state index contributed by atoms with van der Waals surface area (Å²) < 4.78 is 125. The van der Waals surface area contributed by atoms with E-state index in [1.807, 2.05) is 0 Å². The largest absolute Gasteiger partial charge is 0.460 e. The van der Waals surface area contributed by atoms with Gasteiger partial charge in [-0.15, -0.1) is 0 Å². The molecule has 1 aliphatic rings. The molecule has 0 aliphatic heterocycles. The van der Waals surface area contributed by atoms with Crippen molar-refractivity contribution < 1.29 is 54.2 Å². The minimum atomic E-state index is -7.11. The molecule has 0 heterocycles. The van der Waals surface area contributed by atoms with Crippen LogP contribution in [0.5, 0.6) is 0 Å². The SMILES string of the molecule is O=C(OC1CCCCC1)C(O)(CCc1ccccc1)CC(F)(F)C(F)(F)C(F)(F)C(F)(F)F. The van der Waals surface area contributed by atoms with Gasteiger partial charge in [-0.3, -0.25) is 0 Å². The van der Waals surface area contributed by atoms with E-state index in [1.165, 1.54) is 24.3 Å². The van der Waals surface area contributed by atoms with Crippen molar-refractivity contribution in [3.63, 3.8) is 0 Å². The molecule has 1 aromatic rings. The van der Waals surface area contributed by atoms with Gasteiger partial charge in [-0.2, -0.15) is 39.5 Å². The third-order valence-electron chi connectivity index (χ3n) is 5.60. The number of ether oxygens (including phenoxy) is 1. The van der Waals surface area contributed by atoms with Crippen LogP contribution in [0.25, 0.3) is 0 Å². The number of halogens is 9. The molecule has 0 saturated heterocycles. The van der Waals surface area contributed by atoms with Crippen LogP contribution >= 0.6 is 0 Å². The monoisotopic (exact) mass is 494 g/mol. The number of aliphatic hydroxyl groups is 1. The van der Waals surface area contributed by atoms with Crippen LogP contribution in [0.4, 0.5) is 39.5 Å². The van der Waals surface area contributed by atoms with Crippen LogP contribution in [-0.4, -0.2) is 46.7 Å². The van der Waals surface area contributed by atoms with Crippen LogP contribution in [0.15, 0.2) is 30.3 Å². The zero-order chi connectivity index (χ0) is 25.1. The Morgan fingerprint density at radius 2 is 1.42 bits per heavy atom. The van der Waals surface area contributed by atoms with E-state index in [-0.39, 0.29) is 6.42 Å².